The van der Waals surface area contributed by atoms with Gasteiger partial charge in [-0.15, -0.1) is 0 Å². The first-order valence-electron chi connectivity index (χ1n) is 9.11. The maximum Gasteiger partial charge on any atom is 0.133 e. The molecule has 1 aliphatic carbocycles. The van der Waals surface area contributed by atoms with Gasteiger partial charge in [0.25, 0.3) is 0 Å². The predicted molar refractivity (Wildman–Crippen MR) is 105 cm³/mol. The molecule has 0 spiro atoms. The first kappa shape index (κ1) is 16.7. The van der Waals surface area contributed by atoms with Crippen LogP contribution < -0.4 is 11.1 Å². The van der Waals surface area contributed by atoms with E-state index in [1.54, 1.807) is 6.20 Å². The largest absolute Gasteiger partial charge is 0.383 e. The van der Waals surface area contributed by atoms with Crippen molar-refractivity contribution in [1.29, 1.82) is 0 Å². The molecule has 0 atom stereocenters. The van der Waals surface area contributed by atoms with Gasteiger partial charge in [-0.3, -0.25) is 4.98 Å². The lowest BCUT2D eigenvalue weighted by Gasteiger charge is -2.40. The maximum atomic E-state index is 6.23. The number of fused-ring (bicyclic) bond motifs is 1. The molecule has 0 amide bonds. The van der Waals surface area contributed by atoms with Crippen LogP contribution in [0.25, 0.3) is 22.3 Å². The summed E-state index contributed by atoms with van der Waals surface area (Å²) in [5.41, 5.74) is 11.6. The molecule has 26 heavy (non-hydrogen) atoms. The quantitative estimate of drug-likeness (QED) is 0.736. The summed E-state index contributed by atoms with van der Waals surface area (Å²) in [7, 11) is 0. The van der Waals surface area contributed by atoms with E-state index in [1.807, 2.05) is 24.4 Å². The molecule has 4 rings (SSSR count). The minimum absolute atomic E-state index is 0.174. The summed E-state index contributed by atoms with van der Waals surface area (Å²) in [5.74, 6) is 0.819. The number of rotatable bonds is 4. The Labute approximate surface area is 153 Å². The summed E-state index contributed by atoms with van der Waals surface area (Å²) in [6, 6.07) is 5.98. The molecule has 0 unspecified atom stereocenters. The third kappa shape index (κ3) is 3.07. The zero-order valence-corrected chi connectivity index (χ0v) is 15.5. The smallest absolute Gasteiger partial charge is 0.133 e. The fourth-order valence-corrected chi connectivity index (χ4v) is 3.35. The van der Waals surface area contributed by atoms with Crippen molar-refractivity contribution < 1.29 is 0 Å². The highest BCUT2D eigenvalue weighted by molar-refractivity contribution is 5.86. The molecule has 0 bridgehead atoms. The Hall–Kier alpha value is -2.76. The lowest BCUT2D eigenvalue weighted by Crippen LogP contribution is -2.41. The van der Waals surface area contributed by atoms with Gasteiger partial charge >= 0.3 is 0 Å². The molecule has 1 saturated carbocycles. The minimum Gasteiger partial charge on any atom is -0.383 e. The van der Waals surface area contributed by atoms with E-state index in [0.29, 0.717) is 11.7 Å². The molecule has 6 nitrogen and oxygen atoms in total. The monoisotopic (exact) mass is 348 g/mol. The van der Waals surface area contributed by atoms with Crippen molar-refractivity contribution >= 4 is 22.5 Å². The van der Waals surface area contributed by atoms with Crippen molar-refractivity contribution in [3.05, 3.63) is 36.2 Å². The third-order valence-electron chi connectivity index (χ3n) is 5.22. The van der Waals surface area contributed by atoms with E-state index in [1.165, 1.54) is 19.3 Å². The van der Waals surface area contributed by atoms with Gasteiger partial charge in [-0.05, 0) is 55.9 Å². The molecule has 3 aromatic heterocycles. The molecule has 0 radical (unpaired) electrons. The van der Waals surface area contributed by atoms with Crippen molar-refractivity contribution in [2.45, 2.75) is 51.5 Å². The zero-order chi connectivity index (χ0) is 18.3. The second-order valence-electron chi connectivity index (χ2n) is 7.75. The van der Waals surface area contributed by atoms with Crippen molar-refractivity contribution in [3.63, 3.8) is 0 Å². The molecule has 3 aromatic rings. The molecule has 0 saturated heterocycles. The Morgan fingerprint density at radius 3 is 2.62 bits per heavy atom. The number of nitrogens with one attached hydrogen (secondary N) is 1. The molecule has 0 aliphatic heterocycles. The fourth-order valence-electron chi connectivity index (χ4n) is 3.35. The zero-order valence-electron chi connectivity index (χ0n) is 15.5. The Bertz CT molecular complexity index is 962. The van der Waals surface area contributed by atoms with Crippen molar-refractivity contribution in [2.24, 2.45) is 0 Å². The van der Waals surface area contributed by atoms with E-state index < -0.39 is 0 Å². The molecule has 3 N–H and O–H groups in total. The van der Waals surface area contributed by atoms with Crippen LogP contribution in [0.3, 0.4) is 0 Å². The molecule has 3 heterocycles. The molecule has 0 aromatic carbocycles. The minimum atomic E-state index is 0.174. The lowest BCUT2D eigenvalue weighted by atomic mass is 9.78. The normalized spacial score (nSPS) is 15.8. The first-order chi connectivity index (χ1) is 12.4. The maximum absolute atomic E-state index is 6.23. The van der Waals surface area contributed by atoms with Crippen LogP contribution in [-0.2, 0) is 0 Å². The number of pyridine rings is 2. The van der Waals surface area contributed by atoms with Crippen LogP contribution >= 0.6 is 0 Å². The fraction of sp³-hybridized carbons (Fsp3) is 0.400. The number of nitrogen functional groups attached to an aromatic ring is 1. The molecular formula is C20H24N6. The van der Waals surface area contributed by atoms with Crippen LogP contribution in [0.2, 0.25) is 0 Å². The van der Waals surface area contributed by atoms with Gasteiger partial charge in [0.05, 0.1) is 34.8 Å². The predicted octanol–water partition coefficient (Wildman–Crippen LogP) is 4.15. The number of aromatic nitrogens is 4. The lowest BCUT2D eigenvalue weighted by molar-refractivity contribution is 0.306. The van der Waals surface area contributed by atoms with Gasteiger partial charge in [-0.2, -0.15) is 10.2 Å². The topological polar surface area (TPSA) is 89.6 Å². The Kier molecular flexibility index (Phi) is 3.98. The highest BCUT2D eigenvalue weighted by Crippen LogP contribution is 2.35. The second-order valence-corrected chi connectivity index (χ2v) is 7.75. The summed E-state index contributed by atoms with van der Waals surface area (Å²) in [6.07, 6.45) is 7.30. The van der Waals surface area contributed by atoms with Gasteiger partial charge in [0.2, 0.25) is 0 Å². The average Bonchev–Trinajstić information content (AvgIpc) is 2.60. The van der Waals surface area contributed by atoms with Gasteiger partial charge in [-0.25, -0.2) is 4.98 Å². The van der Waals surface area contributed by atoms with Gasteiger partial charge < -0.3 is 11.1 Å². The van der Waals surface area contributed by atoms with Crippen molar-refractivity contribution in [2.75, 3.05) is 11.1 Å². The van der Waals surface area contributed by atoms with Gasteiger partial charge in [0, 0.05) is 11.1 Å². The highest BCUT2D eigenvalue weighted by atomic mass is 15.1. The van der Waals surface area contributed by atoms with E-state index in [2.05, 4.69) is 46.3 Å². The van der Waals surface area contributed by atoms with E-state index in [-0.39, 0.29) is 5.54 Å². The SMILES string of the molecule is CC(C)c1cnnc(-c2cc3ncc(NC4(C)CCC4)cc3nc2N)c1. The number of nitrogens with two attached hydrogens (primary N) is 1. The van der Waals surface area contributed by atoms with Gasteiger partial charge in [-0.1, -0.05) is 13.8 Å². The molecule has 6 heteroatoms. The van der Waals surface area contributed by atoms with E-state index >= 15 is 0 Å². The van der Waals surface area contributed by atoms with Gasteiger partial charge in [0.15, 0.2) is 0 Å². The summed E-state index contributed by atoms with van der Waals surface area (Å²) in [5, 5.41) is 11.9. The van der Waals surface area contributed by atoms with Crippen molar-refractivity contribution in [3.8, 4) is 11.3 Å². The third-order valence-corrected chi connectivity index (χ3v) is 5.22. The highest BCUT2D eigenvalue weighted by Gasteiger charge is 2.31. The van der Waals surface area contributed by atoms with Gasteiger partial charge in [0.1, 0.15) is 5.82 Å². The van der Waals surface area contributed by atoms with Crippen LogP contribution in [-0.4, -0.2) is 25.7 Å². The van der Waals surface area contributed by atoms with Crippen LogP contribution in [0.4, 0.5) is 11.5 Å². The van der Waals surface area contributed by atoms with Crippen LogP contribution in [0.1, 0.15) is 51.5 Å². The van der Waals surface area contributed by atoms with Crippen LogP contribution in [0.15, 0.2) is 30.6 Å². The number of anilines is 2. The average molecular weight is 348 g/mol. The van der Waals surface area contributed by atoms with E-state index in [9.17, 15) is 0 Å². The van der Waals surface area contributed by atoms with E-state index in [4.69, 9.17) is 5.73 Å². The van der Waals surface area contributed by atoms with Crippen molar-refractivity contribution in [1.82, 2.24) is 20.2 Å². The summed E-state index contributed by atoms with van der Waals surface area (Å²) in [6.45, 7) is 6.49. The van der Waals surface area contributed by atoms with E-state index in [0.717, 1.165) is 33.5 Å². The second kappa shape index (κ2) is 6.20. The Morgan fingerprint density at radius 1 is 1.12 bits per heavy atom. The molecule has 134 valence electrons. The first-order valence-corrected chi connectivity index (χ1v) is 9.11. The van der Waals surface area contributed by atoms with Crippen LogP contribution in [0.5, 0.6) is 0 Å². The molecule has 1 aliphatic rings. The summed E-state index contributed by atoms with van der Waals surface area (Å²) < 4.78 is 0. The molecular weight excluding hydrogens is 324 g/mol. The Morgan fingerprint density at radius 2 is 1.92 bits per heavy atom. The number of hydrogen-bond acceptors (Lipinski definition) is 6. The number of nitrogens with zero attached hydrogens (tertiary/aromatic N) is 4. The Balaban J connectivity index is 1.71. The number of hydrogen-bond donors (Lipinski definition) is 2. The van der Waals surface area contributed by atoms with Crippen LogP contribution in [0, 0.1) is 0 Å². The summed E-state index contributed by atoms with van der Waals surface area (Å²) >= 11 is 0. The summed E-state index contributed by atoms with van der Waals surface area (Å²) in [4.78, 5) is 9.15. The standard InChI is InChI=1S/C20H24N6/c1-12(2)13-7-16(26-23-10-13)15-9-17-18(24-19(15)21)8-14(11-22-17)25-20(3)5-4-6-20/h7-12,25H,4-6H2,1-3H3,(H2,21,24). The molecule has 1 fully saturated rings.